The molecule has 2 N–H and O–H groups in total. The number of nitrogens with zero attached hydrogens (tertiary/aromatic N) is 2. The Hall–Kier alpha value is -1.89. The van der Waals surface area contributed by atoms with E-state index in [-0.39, 0.29) is 11.3 Å². The first-order valence-corrected chi connectivity index (χ1v) is 2.90. The van der Waals surface area contributed by atoms with E-state index < -0.39 is 5.91 Å². The van der Waals surface area contributed by atoms with Crippen molar-refractivity contribution in [1.82, 2.24) is 4.98 Å². The zero-order chi connectivity index (χ0) is 8.27. The monoisotopic (exact) mass is 147 g/mol. The zero-order valence-corrected chi connectivity index (χ0v) is 5.61. The van der Waals surface area contributed by atoms with Crippen molar-refractivity contribution < 1.29 is 4.79 Å². The second kappa shape index (κ2) is 2.80. The fourth-order valence-electron chi connectivity index (χ4n) is 0.693. The summed E-state index contributed by atoms with van der Waals surface area (Å²) in [6.45, 7) is 0. The van der Waals surface area contributed by atoms with E-state index in [4.69, 9.17) is 11.0 Å². The number of hydrogen-bond acceptors (Lipinski definition) is 3. The Balaban J connectivity index is 3.26. The highest BCUT2D eigenvalue weighted by Crippen LogP contribution is 2.01. The van der Waals surface area contributed by atoms with Crippen LogP contribution in [0.4, 0.5) is 0 Å². The molecule has 0 aromatic carbocycles. The minimum Gasteiger partial charge on any atom is -0.366 e. The lowest BCUT2D eigenvalue weighted by molar-refractivity contribution is 0.0999. The Morgan fingerprint density at radius 3 is 2.91 bits per heavy atom. The molecular weight excluding hydrogens is 142 g/mol. The number of nitriles is 1. The van der Waals surface area contributed by atoms with Crippen molar-refractivity contribution in [1.29, 1.82) is 5.26 Å². The van der Waals surface area contributed by atoms with Gasteiger partial charge in [-0.1, -0.05) is 0 Å². The summed E-state index contributed by atoms with van der Waals surface area (Å²) in [7, 11) is 0. The van der Waals surface area contributed by atoms with Crippen LogP contribution in [0, 0.1) is 11.3 Å². The number of carbonyl (C=O) groups is 1. The molecule has 4 heteroatoms. The number of aromatic nitrogens is 1. The Bertz CT molecular complexity index is 327. The lowest BCUT2D eigenvalue weighted by Crippen LogP contribution is -2.13. The molecule has 0 aliphatic rings. The van der Waals surface area contributed by atoms with Crippen LogP contribution >= 0.6 is 0 Å². The average Bonchev–Trinajstić information content (AvgIpc) is 2.04. The third-order valence-corrected chi connectivity index (χ3v) is 1.18. The van der Waals surface area contributed by atoms with Gasteiger partial charge in [0.05, 0.1) is 5.56 Å². The number of nitrogens with two attached hydrogens (primary N) is 1. The van der Waals surface area contributed by atoms with E-state index in [9.17, 15) is 4.79 Å². The lowest BCUT2D eigenvalue weighted by atomic mass is 10.2. The third kappa shape index (κ3) is 1.33. The van der Waals surface area contributed by atoms with Crippen molar-refractivity contribution in [3.63, 3.8) is 0 Å². The van der Waals surface area contributed by atoms with Crippen LogP contribution in [-0.2, 0) is 0 Å². The first-order valence-electron chi connectivity index (χ1n) is 2.90. The van der Waals surface area contributed by atoms with Gasteiger partial charge in [0.2, 0.25) is 0 Å². The average molecular weight is 147 g/mol. The molecule has 1 aromatic heterocycles. The largest absolute Gasteiger partial charge is 0.366 e. The maximum atomic E-state index is 10.6. The fourth-order valence-corrected chi connectivity index (χ4v) is 0.693. The van der Waals surface area contributed by atoms with Gasteiger partial charge in [-0.2, -0.15) is 5.26 Å². The van der Waals surface area contributed by atoms with Gasteiger partial charge in [-0.25, -0.2) is 4.98 Å². The van der Waals surface area contributed by atoms with E-state index in [0.717, 1.165) is 0 Å². The van der Waals surface area contributed by atoms with E-state index in [1.807, 2.05) is 0 Å². The molecule has 0 unspecified atom stereocenters. The highest BCUT2D eigenvalue weighted by atomic mass is 16.1. The third-order valence-electron chi connectivity index (χ3n) is 1.18. The Morgan fingerprint density at radius 1 is 1.73 bits per heavy atom. The predicted molar refractivity (Wildman–Crippen MR) is 37.5 cm³/mol. The van der Waals surface area contributed by atoms with Crippen molar-refractivity contribution in [2.75, 3.05) is 0 Å². The van der Waals surface area contributed by atoms with Crippen LogP contribution in [-0.4, -0.2) is 10.9 Å². The fraction of sp³-hybridized carbons (Fsp3) is 0. The summed E-state index contributed by atoms with van der Waals surface area (Å²) in [4.78, 5) is 14.3. The maximum Gasteiger partial charge on any atom is 0.251 e. The van der Waals surface area contributed by atoms with Gasteiger partial charge >= 0.3 is 0 Å². The normalized spacial score (nSPS) is 8.64. The summed E-state index contributed by atoms with van der Waals surface area (Å²) in [6, 6.07) is 4.79. The summed E-state index contributed by atoms with van der Waals surface area (Å²) in [5.74, 6) is -0.630. The summed E-state index contributed by atoms with van der Waals surface area (Å²) in [5, 5.41) is 8.45. The van der Waals surface area contributed by atoms with Gasteiger partial charge in [-0.05, 0) is 12.1 Å². The molecule has 0 radical (unpaired) electrons. The van der Waals surface area contributed by atoms with E-state index in [0.29, 0.717) is 0 Å². The van der Waals surface area contributed by atoms with Gasteiger partial charge in [0.1, 0.15) is 6.07 Å². The van der Waals surface area contributed by atoms with Crippen molar-refractivity contribution >= 4 is 5.91 Å². The van der Waals surface area contributed by atoms with Gasteiger partial charge < -0.3 is 5.73 Å². The molecule has 1 rings (SSSR count). The van der Waals surface area contributed by atoms with Gasteiger partial charge in [-0.3, -0.25) is 4.79 Å². The van der Waals surface area contributed by atoms with E-state index in [1.165, 1.54) is 12.3 Å². The van der Waals surface area contributed by atoms with Crippen molar-refractivity contribution in [3.05, 3.63) is 29.6 Å². The second-order valence-electron chi connectivity index (χ2n) is 1.88. The number of primary amides is 1. The summed E-state index contributed by atoms with van der Waals surface area (Å²) in [5.41, 5.74) is 5.19. The van der Waals surface area contributed by atoms with E-state index >= 15 is 0 Å². The topological polar surface area (TPSA) is 79.8 Å². The molecule has 0 atom stereocenters. The molecule has 0 aliphatic heterocycles. The van der Waals surface area contributed by atoms with E-state index in [1.54, 1.807) is 12.1 Å². The van der Waals surface area contributed by atoms with Crippen LogP contribution < -0.4 is 5.73 Å². The Labute approximate surface area is 63.3 Å². The Morgan fingerprint density at radius 2 is 2.45 bits per heavy atom. The molecule has 0 saturated heterocycles. The molecule has 4 nitrogen and oxygen atoms in total. The van der Waals surface area contributed by atoms with Crippen LogP contribution in [0.1, 0.15) is 16.1 Å². The van der Waals surface area contributed by atoms with Crippen molar-refractivity contribution in [2.45, 2.75) is 0 Å². The van der Waals surface area contributed by atoms with Crippen molar-refractivity contribution in [3.8, 4) is 6.07 Å². The first kappa shape index (κ1) is 7.22. The number of amides is 1. The molecule has 11 heavy (non-hydrogen) atoms. The summed E-state index contributed by atoms with van der Waals surface area (Å²) >= 11 is 0. The smallest absolute Gasteiger partial charge is 0.251 e. The zero-order valence-electron chi connectivity index (χ0n) is 5.61. The minimum atomic E-state index is -0.630. The second-order valence-corrected chi connectivity index (χ2v) is 1.88. The molecule has 0 bridgehead atoms. The number of pyridine rings is 1. The molecule has 0 fully saturated rings. The standard InChI is InChI=1S/C7H5N3O/c8-4-6-5(7(9)11)2-1-3-10-6/h1-3H,(H2,9,11). The molecule has 54 valence electrons. The number of carbonyl (C=O) groups excluding carboxylic acids is 1. The van der Waals surface area contributed by atoms with Crippen LogP contribution in [0.3, 0.4) is 0 Å². The van der Waals surface area contributed by atoms with Crippen LogP contribution in [0.2, 0.25) is 0 Å². The highest BCUT2D eigenvalue weighted by Gasteiger charge is 2.06. The quantitative estimate of drug-likeness (QED) is 0.609. The van der Waals surface area contributed by atoms with Gasteiger partial charge in [0.25, 0.3) is 5.91 Å². The number of rotatable bonds is 1. The molecule has 1 aromatic rings. The number of hydrogen-bond donors (Lipinski definition) is 1. The highest BCUT2D eigenvalue weighted by molar-refractivity contribution is 5.94. The van der Waals surface area contributed by atoms with Gasteiger partial charge in [0.15, 0.2) is 5.69 Å². The molecule has 0 saturated carbocycles. The minimum absolute atomic E-state index is 0.0694. The van der Waals surface area contributed by atoms with Gasteiger partial charge in [0, 0.05) is 6.20 Å². The molecular formula is C7H5N3O. The van der Waals surface area contributed by atoms with E-state index in [2.05, 4.69) is 4.98 Å². The van der Waals surface area contributed by atoms with Gasteiger partial charge in [-0.15, -0.1) is 0 Å². The van der Waals surface area contributed by atoms with Crippen LogP contribution in [0.15, 0.2) is 18.3 Å². The molecule has 1 amide bonds. The molecule has 0 aliphatic carbocycles. The SMILES string of the molecule is N#Cc1ncccc1C(N)=O. The molecule has 0 spiro atoms. The molecule has 1 heterocycles. The van der Waals surface area contributed by atoms with Crippen LogP contribution in [0.5, 0.6) is 0 Å². The summed E-state index contributed by atoms with van der Waals surface area (Å²) in [6.07, 6.45) is 1.44. The lowest BCUT2D eigenvalue weighted by Gasteiger charge is -1.94. The van der Waals surface area contributed by atoms with Crippen LogP contribution in [0.25, 0.3) is 0 Å². The van der Waals surface area contributed by atoms with Crippen molar-refractivity contribution in [2.24, 2.45) is 5.73 Å². The Kier molecular flexibility index (Phi) is 1.83. The maximum absolute atomic E-state index is 10.6. The summed E-state index contributed by atoms with van der Waals surface area (Å²) < 4.78 is 0. The first-order chi connectivity index (χ1) is 5.25. The predicted octanol–water partition coefficient (Wildman–Crippen LogP) is 0.0522.